The minimum Gasteiger partial charge on any atom is -0.324 e. The highest BCUT2D eigenvalue weighted by Gasteiger charge is 2.16. The molecule has 20 heavy (non-hydrogen) atoms. The third kappa shape index (κ3) is 3.50. The second kappa shape index (κ2) is 6.11. The molecule has 0 radical (unpaired) electrons. The largest absolute Gasteiger partial charge is 0.324 e. The first kappa shape index (κ1) is 15.3. The van der Waals surface area contributed by atoms with Crippen LogP contribution in [0.3, 0.4) is 0 Å². The molecule has 0 fully saturated rings. The summed E-state index contributed by atoms with van der Waals surface area (Å²) in [4.78, 5) is 0.215. The van der Waals surface area contributed by atoms with Crippen LogP contribution in [-0.2, 0) is 10.0 Å². The van der Waals surface area contributed by atoms with Crippen molar-refractivity contribution in [2.24, 2.45) is 5.73 Å². The van der Waals surface area contributed by atoms with Crippen molar-refractivity contribution >= 4 is 38.3 Å². The van der Waals surface area contributed by atoms with Crippen molar-refractivity contribution in [1.29, 1.82) is 0 Å². The number of benzene rings is 2. The zero-order valence-electron chi connectivity index (χ0n) is 10.9. The number of nitrogens with two attached hydrogens (primary N) is 1. The summed E-state index contributed by atoms with van der Waals surface area (Å²) in [6, 6.07) is 13.7. The molecule has 2 aromatic rings. The maximum atomic E-state index is 12.4. The highest BCUT2D eigenvalue weighted by molar-refractivity contribution is 14.1. The van der Waals surface area contributed by atoms with Gasteiger partial charge in [-0.3, -0.25) is 4.72 Å². The monoisotopic (exact) mass is 402 g/mol. The number of para-hydroxylation sites is 1. The van der Waals surface area contributed by atoms with Gasteiger partial charge in [-0.05, 0) is 59.3 Å². The van der Waals surface area contributed by atoms with Gasteiger partial charge in [-0.1, -0.05) is 24.3 Å². The van der Waals surface area contributed by atoms with Gasteiger partial charge in [-0.2, -0.15) is 0 Å². The van der Waals surface area contributed by atoms with Crippen molar-refractivity contribution in [3.8, 4) is 0 Å². The Balaban J connectivity index is 2.36. The lowest BCUT2D eigenvalue weighted by Gasteiger charge is -2.12. The van der Waals surface area contributed by atoms with Crippen molar-refractivity contribution in [2.75, 3.05) is 4.72 Å². The molecule has 6 heteroatoms. The van der Waals surface area contributed by atoms with E-state index in [4.69, 9.17) is 5.73 Å². The second-order valence-corrected chi connectivity index (χ2v) is 7.29. The van der Waals surface area contributed by atoms with Gasteiger partial charge in [0.1, 0.15) is 0 Å². The fraction of sp³-hybridized carbons (Fsp3) is 0.143. The predicted octanol–water partition coefficient (Wildman–Crippen LogP) is 3.11. The molecule has 0 saturated carbocycles. The molecule has 0 saturated heterocycles. The fourth-order valence-corrected chi connectivity index (χ4v) is 3.55. The zero-order valence-corrected chi connectivity index (χ0v) is 13.9. The van der Waals surface area contributed by atoms with Gasteiger partial charge in [0.15, 0.2) is 0 Å². The lowest BCUT2D eigenvalue weighted by atomic mass is 10.1. The predicted molar refractivity (Wildman–Crippen MR) is 89.0 cm³/mol. The molecule has 0 aromatic heterocycles. The van der Waals surface area contributed by atoms with Crippen molar-refractivity contribution in [3.63, 3.8) is 0 Å². The topological polar surface area (TPSA) is 72.2 Å². The molecule has 1 unspecified atom stereocenters. The van der Waals surface area contributed by atoms with Gasteiger partial charge in [0.2, 0.25) is 0 Å². The Bertz CT molecular complexity index is 715. The van der Waals surface area contributed by atoms with E-state index in [9.17, 15) is 8.42 Å². The van der Waals surface area contributed by atoms with Crippen LogP contribution in [0.15, 0.2) is 53.4 Å². The molecule has 4 nitrogen and oxygen atoms in total. The first-order chi connectivity index (χ1) is 9.40. The molecule has 2 rings (SSSR count). The molecule has 0 aliphatic rings. The van der Waals surface area contributed by atoms with Crippen LogP contribution < -0.4 is 10.5 Å². The molecule has 106 valence electrons. The number of anilines is 1. The number of nitrogens with one attached hydrogen (secondary N) is 1. The summed E-state index contributed by atoms with van der Waals surface area (Å²) in [7, 11) is -3.60. The van der Waals surface area contributed by atoms with Crippen LogP contribution >= 0.6 is 22.6 Å². The maximum Gasteiger partial charge on any atom is 0.261 e. The Morgan fingerprint density at radius 2 is 1.85 bits per heavy atom. The average Bonchev–Trinajstić information content (AvgIpc) is 2.41. The standard InChI is InChI=1S/C14H15IN2O2S/c1-10(16)11-5-4-6-12(9-11)20(18,19)17-14-8-3-2-7-13(14)15/h2-10,17H,16H2,1H3. The number of rotatable bonds is 4. The summed E-state index contributed by atoms with van der Waals surface area (Å²) in [6.45, 7) is 1.82. The maximum absolute atomic E-state index is 12.4. The van der Waals surface area contributed by atoms with E-state index in [1.165, 1.54) is 0 Å². The van der Waals surface area contributed by atoms with Crippen molar-refractivity contribution in [1.82, 2.24) is 0 Å². The number of hydrogen-bond acceptors (Lipinski definition) is 3. The minimum atomic E-state index is -3.60. The van der Waals surface area contributed by atoms with Gasteiger partial charge >= 0.3 is 0 Å². The van der Waals surface area contributed by atoms with Gasteiger partial charge in [0.05, 0.1) is 10.6 Å². The second-order valence-electron chi connectivity index (χ2n) is 4.45. The summed E-state index contributed by atoms with van der Waals surface area (Å²) in [6.07, 6.45) is 0. The molecule has 0 spiro atoms. The van der Waals surface area contributed by atoms with Crippen LogP contribution in [0.1, 0.15) is 18.5 Å². The van der Waals surface area contributed by atoms with Crippen molar-refractivity contribution in [2.45, 2.75) is 17.9 Å². The molecule has 3 N–H and O–H groups in total. The van der Waals surface area contributed by atoms with Crippen LogP contribution in [0.2, 0.25) is 0 Å². The highest BCUT2D eigenvalue weighted by atomic mass is 127. The van der Waals surface area contributed by atoms with E-state index in [1.807, 2.05) is 25.1 Å². The van der Waals surface area contributed by atoms with Crippen molar-refractivity contribution < 1.29 is 8.42 Å². The van der Waals surface area contributed by atoms with Gasteiger partial charge in [0.25, 0.3) is 10.0 Å². The van der Waals surface area contributed by atoms with Gasteiger partial charge < -0.3 is 5.73 Å². The third-order valence-corrected chi connectivity index (χ3v) is 5.12. The molecule has 0 amide bonds. The quantitative estimate of drug-likeness (QED) is 0.773. The first-order valence-corrected chi connectivity index (χ1v) is 8.59. The van der Waals surface area contributed by atoms with Crippen LogP contribution in [0.25, 0.3) is 0 Å². The Morgan fingerprint density at radius 1 is 1.15 bits per heavy atom. The van der Waals surface area contributed by atoms with E-state index in [0.717, 1.165) is 9.13 Å². The molecule has 0 heterocycles. The van der Waals surface area contributed by atoms with Crippen LogP contribution in [0.4, 0.5) is 5.69 Å². The molecule has 1 atom stereocenters. The Labute approximate surface area is 132 Å². The molecular weight excluding hydrogens is 387 g/mol. The first-order valence-electron chi connectivity index (χ1n) is 6.03. The van der Waals surface area contributed by atoms with Crippen LogP contribution in [0.5, 0.6) is 0 Å². The third-order valence-electron chi connectivity index (χ3n) is 2.81. The van der Waals surface area contributed by atoms with E-state index in [1.54, 1.807) is 30.3 Å². The smallest absolute Gasteiger partial charge is 0.261 e. The Kier molecular flexibility index (Phi) is 4.66. The Hall–Kier alpha value is -1.12. The summed E-state index contributed by atoms with van der Waals surface area (Å²) in [5, 5.41) is 0. The molecule has 0 aliphatic heterocycles. The molecule has 0 aliphatic carbocycles. The van der Waals surface area contributed by atoms with Crippen LogP contribution in [-0.4, -0.2) is 8.42 Å². The molecule has 0 bridgehead atoms. The van der Waals surface area contributed by atoms with E-state index in [2.05, 4.69) is 27.3 Å². The number of halogens is 1. The minimum absolute atomic E-state index is 0.206. The lowest BCUT2D eigenvalue weighted by Crippen LogP contribution is -2.15. The number of sulfonamides is 1. The van der Waals surface area contributed by atoms with E-state index in [0.29, 0.717) is 5.69 Å². The van der Waals surface area contributed by atoms with Crippen LogP contribution in [0, 0.1) is 3.57 Å². The average molecular weight is 402 g/mol. The molecule has 2 aromatic carbocycles. The summed E-state index contributed by atoms with van der Waals surface area (Å²) in [5.41, 5.74) is 7.14. The van der Waals surface area contributed by atoms with E-state index in [-0.39, 0.29) is 10.9 Å². The summed E-state index contributed by atoms with van der Waals surface area (Å²) < 4.78 is 28.2. The van der Waals surface area contributed by atoms with E-state index < -0.39 is 10.0 Å². The fourth-order valence-electron chi connectivity index (χ4n) is 1.71. The SMILES string of the molecule is CC(N)c1cccc(S(=O)(=O)Nc2ccccc2I)c1. The van der Waals surface area contributed by atoms with Crippen molar-refractivity contribution in [3.05, 3.63) is 57.7 Å². The highest BCUT2D eigenvalue weighted by Crippen LogP contribution is 2.22. The number of hydrogen-bond donors (Lipinski definition) is 2. The normalized spacial score (nSPS) is 12.9. The lowest BCUT2D eigenvalue weighted by molar-refractivity contribution is 0.601. The molecular formula is C14H15IN2O2S. The zero-order chi connectivity index (χ0) is 14.8. The van der Waals surface area contributed by atoms with Gasteiger partial charge in [-0.25, -0.2) is 8.42 Å². The van der Waals surface area contributed by atoms with Gasteiger partial charge in [0, 0.05) is 9.61 Å². The summed E-state index contributed by atoms with van der Waals surface area (Å²) >= 11 is 2.09. The van der Waals surface area contributed by atoms with E-state index >= 15 is 0 Å². The Morgan fingerprint density at radius 3 is 2.50 bits per heavy atom. The van der Waals surface area contributed by atoms with Gasteiger partial charge in [-0.15, -0.1) is 0 Å². The summed E-state index contributed by atoms with van der Waals surface area (Å²) in [5.74, 6) is 0.